The molecule has 0 bridgehead atoms. The minimum atomic E-state index is -5.14. The van der Waals surface area contributed by atoms with Crippen LogP contribution in [0.5, 0.6) is 11.5 Å². The Labute approximate surface area is 186 Å². The number of hydrogen-bond acceptors (Lipinski definition) is 4. The van der Waals surface area contributed by atoms with Crippen molar-refractivity contribution in [3.8, 4) is 11.5 Å². The van der Waals surface area contributed by atoms with Crippen molar-refractivity contribution in [2.75, 3.05) is 0 Å². The summed E-state index contributed by atoms with van der Waals surface area (Å²) in [7, 11) is -5.14. The Morgan fingerprint density at radius 1 is 0.724 bits per heavy atom. The van der Waals surface area contributed by atoms with Gasteiger partial charge in [0, 0.05) is 26.7 Å². The van der Waals surface area contributed by atoms with E-state index in [1.54, 1.807) is 0 Å². The third kappa shape index (κ3) is 3.54. The molecule has 0 spiro atoms. The molecule has 0 fully saturated rings. The summed E-state index contributed by atoms with van der Waals surface area (Å²) in [4.78, 5) is 0. The maximum atomic E-state index is 13.0. The number of hydrogen-bond donors (Lipinski definition) is 3. The molecule has 0 aliphatic carbocycles. The highest BCUT2D eigenvalue weighted by molar-refractivity contribution is 7.87. The van der Waals surface area contributed by atoms with Crippen LogP contribution in [0.4, 0.5) is 0 Å². The molecule has 0 heterocycles. The summed E-state index contributed by atoms with van der Waals surface area (Å²) in [5.74, 6) is -0.877. The summed E-state index contributed by atoms with van der Waals surface area (Å²) in [5, 5.41) is 19.6. The first kappa shape index (κ1) is 22.0. The Kier molecular flexibility index (Phi) is 5.98. The van der Waals surface area contributed by atoms with E-state index in [-0.39, 0.29) is 36.8 Å². The van der Waals surface area contributed by atoms with Crippen molar-refractivity contribution < 1.29 is 23.2 Å². The first-order valence-corrected chi connectivity index (χ1v) is 10.9. The molecule has 0 aromatic heterocycles. The highest BCUT2D eigenvalue weighted by Crippen LogP contribution is 2.53. The maximum absolute atomic E-state index is 13.0. The second-order valence-corrected chi connectivity index (χ2v) is 9.22. The van der Waals surface area contributed by atoms with Crippen molar-refractivity contribution >= 4 is 56.5 Å². The van der Waals surface area contributed by atoms with Gasteiger partial charge in [0.25, 0.3) is 10.1 Å². The number of aromatic hydroxyl groups is 2. The molecule has 3 rings (SSSR count). The molecule has 152 valence electrons. The van der Waals surface area contributed by atoms with Crippen molar-refractivity contribution in [2.45, 2.75) is 4.75 Å². The Hall–Kier alpha value is -1.67. The highest BCUT2D eigenvalue weighted by Gasteiger charge is 2.52. The lowest BCUT2D eigenvalue weighted by atomic mass is 9.83. The molecule has 0 unspecified atom stereocenters. The average Bonchev–Trinajstić information content (AvgIpc) is 2.64. The SMILES string of the molecule is O=S(=O)(O)C(c1cc(Cl)ccc1Cl)(c1cccc(O)c1Cl)c1cccc(O)c1Cl. The van der Waals surface area contributed by atoms with Gasteiger partial charge < -0.3 is 10.2 Å². The minimum Gasteiger partial charge on any atom is -0.506 e. The van der Waals surface area contributed by atoms with Gasteiger partial charge in [0.15, 0.2) is 4.75 Å². The van der Waals surface area contributed by atoms with Gasteiger partial charge >= 0.3 is 0 Å². The van der Waals surface area contributed by atoms with E-state index in [1.807, 2.05) is 0 Å². The molecule has 0 saturated carbocycles. The first-order chi connectivity index (χ1) is 13.5. The molecule has 3 N–H and O–H groups in total. The monoisotopic (exact) mass is 492 g/mol. The van der Waals surface area contributed by atoms with Crippen LogP contribution in [-0.2, 0) is 14.9 Å². The number of halogens is 4. The molecule has 29 heavy (non-hydrogen) atoms. The number of rotatable bonds is 4. The summed E-state index contributed by atoms with van der Waals surface area (Å²) in [6, 6.07) is 11.7. The van der Waals surface area contributed by atoms with Crippen LogP contribution in [0.15, 0.2) is 54.6 Å². The Morgan fingerprint density at radius 3 is 1.66 bits per heavy atom. The van der Waals surface area contributed by atoms with Gasteiger partial charge in [0.1, 0.15) is 11.5 Å². The molecular formula is C19H12Cl4O5S. The van der Waals surface area contributed by atoms with Crippen LogP contribution in [0.1, 0.15) is 16.7 Å². The number of phenols is 2. The summed E-state index contributed by atoms with van der Waals surface area (Å²) in [6.45, 7) is 0. The first-order valence-electron chi connectivity index (χ1n) is 7.90. The average molecular weight is 494 g/mol. The quantitative estimate of drug-likeness (QED) is 0.311. The van der Waals surface area contributed by atoms with E-state index in [0.29, 0.717) is 0 Å². The van der Waals surface area contributed by atoms with Gasteiger partial charge in [0.2, 0.25) is 0 Å². The number of phenolic OH excluding ortho intramolecular Hbond substituents is 2. The predicted octanol–water partition coefficient (Wildman–Crippen LogP) is 5.89. The fraction of sp³-hybridized carbons (Fsp3) is 0.0526. The van der Waals surface area contributed by atoms with E-state index < -0.39 is 26.4 Å². The molecule has 0 aliphatic rings. The van der Waals surface area contributed by atoms with E-state index >= 15 is 0 Å². The number of benzene rings is 3. The van der Waals surface area contributed by atoms with E-state index in [4.69, 9.17) is 46.4 Å². The Balaban J connectivity index is 2.68. The van der Waals surface area contributed by atoms with Crippen LogP contribution in [0, 0.1) is 0 Å². The predicted molar refractivity (Wildman–Crippen MR) is 114 cm³/mol. The molecular weight excluding hydrogens is 482 g/mol. The molecule has 0 atom stereocenters. The molecule has 0 amide bonds. The third-order valence-corrected chi connectivity index (χ3v) is 7.20. The summed E-state index contributed by atoms with van der Waals surface area (Å²) in [5.41, 5.74) is -0.647. The van der Waals surface area contributed by atoms with Crippen LogP contribution < -0.4 is 0 Å². The van der Waals surface area contributed by atoms with Gasteiger partial charge in [-0.25, -0.2) is 0 Å². The van der Waals surface area contributed by atoms with Crippen molar-refractivity contribution in [3.05, 3.63) is 91.4 Å². The van der Waals surface area contributed by atoms with Crippen LogP contribution in [0.25, 0.3) is 0 Å². The molecule has 5 nitrogen and oxygen atoms in total. The molecule has 0 saturated heterocycles. The van der Waals surface area contributed by atoms with Gasteiger partial charge in [0.05, 0.1) is 10.0 Å². The molecule has 0 radical (unpaired) electrons. The van der Waals surface area contributed by atoms with Crippen LogP contribution in [0.3, 0.4) is 0 Å². The maximum Gasteiger partial charge on any atom is 0.283 e. The second-order valence-electron chi connectivity index (χ2n) is 6.06. The highest BCUT2D eigenvalue weighted by atomic mass is 35.5. The zero-order chi connectivity index (χ0) is 21.6. The lowest BCUT2D eigenvalue weighted by molar-refractivity contribution is 0.455. The fourth-order valence-corrected chi connectivity index (χ4v) is 5.68. The van der Waals surface area contributed by atoms with Crippen LogP contribution in [0.2, 0.25) is 20.1 Å². The molecule has 10 heteroatoms. The Bertz CT molecular complexity index is 1150. The van der Waals surface area contributed by atoms with Gasteiger partial charge in [-0.3, -0.25) is 4.55 Å². The van der Waals surface area contributed by atoms with Crippen molar-refractivity contribution in [2.24, 2.45) is 0 Å². The summed E-state index contributed by atoms with van der Waals surface area (Å²) < 4.78 is 34.0. The molecule has 0 aliphatic heterocycles. The smallest absolute Gasteiger partial charge is 0.283 e. The summed E-state index contributed by atoms with van der Waals surface area (Å²) >= 11 is 24.9. The van der Waals surface area contributed by atoms with Gasteiger partial charge in [-0.2, -0.15) is 8.42 Å². The van der Waals surface area contributed by atoms with E-state index in [1.165, 1.54) is 54.6 Å². The zero-order valence-electron chi connectivity index (χ0n) is 14.3. The van der Waals surface area contributed by atoms with Gasteiger partial charge in [-0.15, -0.1) is 0 Å². The standard InChI is InChI=1S/C19H12Cl4O5S/c20-10-7-8-14(21)13(9-10)19(29(26,27)28,11-3-1-5-15(24)17(11)22)12-4-2-6-16(25)18(12)23/h1-9,24-25H,(H,26,27,28). The third-order valence-electron chi connectivity index (χ3n) is 4.41. The topological polar surface area (TPSA) is 94.8 Å². The van der Waals surface area contributed by atoms with Crippen LogP contribution >= 0.6 is 46.4 Å². The molecule has 3 aromatic rings. The fourth-order valence-electron chi connectivity index (χ4n) is 3.20. The largest absolute Gasteiger partial charge is 0.506 e. The van der Waals surface area contributed by atoms with Crippen molar-refractivity contribution in [3.63, 3.8) is 0 Å². The van der Waals surface area contributed by atoms with Gasteiger partial charge in [-0.05, 0) is 30.3 Å². The second kappa shape index (κ2) is 7.87. The van der Waals surface area contributed by atoms with Crippen molar-refractivity contribution in [1.29, 1.82) is 0 Å². The minimum absolute atomic E-state index is 0.0779. The lowest BCUT2D eigenvalue weighted by Crippen LogP contribution is -2.39. The van der Waals surface area contributed by atoms with E-state index in [9.17, 15) is 23.2 Å². The molecule has 3 aromatic carbocycles. The van der Waals surface area contributed by atoms with E-state index in [0.717, 1.165) is 0 Å². The van der Waals surface area contributed by atoms with Crippen molar-refractivity contribution in [1.82, 2.24) is 0 Å². The van der Waals surface area contributed by atoms with Crippen LogP contribution in [-0.4, -0.2) is 23.2 Å². The van der Waals surface area contributed by atoms with E-state index in [2.05, 4.69) is 0 Å². The summed E-state index contributed by atoms with van der Waals surface area (Å²) in [6.07, 6.45) is 0. The zero-order valence-corrected chi connectivity index (χ0v) is 18.1. The van der Waals surface area contributed by atoms with Gasteiger partial charge in [-0.1, -0.05) is 70.7 Å². The normalized spacial score (nSPS) is 12.2. The lowest BCUT2D eigenvalue weighted by Gasteiger charge is -2.34. The Morgan fingerprint density at radius 2 is 1.21 bits per heavy atom.